The molecule has 0 aliphatic carbocycles. The van der Waals surface area contributed by atoms with E-state index in [0.717, 1.165) is 25.1 Å². The van der Waals surface area contributed by atoms with Crippen LogP contribution in [0.1, 0.15) is 44.9 Å². The van der Waals surface area contributed by atoms with Gasteiger partial charge in [0.2, 0.25) is 0 Å². The zero-order chi connectivity index (χ0) is 14.7. The third-order valence-corrected chi connectivity index (χ3v) is 4.21. The second-order valence-corrected chi connectivity index (χ2v) is 5.99. The molecule has 112 valence electrons. The minimum Gasteiger partial charge on any atom is -0.387 e. The molecule has 0 saturated carbocycles. The Morgan fingerprint density at radius 3 is 2.25 bits per heavy atom. The maximum absolute atomic E-state index is 10.6. The van der Waals surface area contributed by atoms with Crippen molar-refractivity contribution in [3.8, 4) is 0 Å². The average Bonchev–Trinajstić information content (AvgIpc) is 2.45. The van der Waals surface area contributed by atoms with Crippen LogP contribution in [0.2, 0.25) is 0 Å². The molecule has 4 atom stereocenters. The predicted octanol–water partition coefficient (Wildman–Crippen LogP) is 2.78. The molecular formula is C17H27NO2. The van der Waals surface area contributed by atoms with Crippen LogP contribution >= 0.6 is 0 Å². The molecule has 1 aliphatic rings. The van der Waals surface area contributed by atoms with Crippen LogP contribution in [0.3, 0.4) is 0 Å². The van der Waals surface area contributed by atoms with Crippen molar-refractivity contribution in [2.75, 3.05) is 13.1 Å². The number of morpholine rings is 1. The molecule has 1 aromatic carbocycles. The van der Waals surface area contributed by atoms with E-state index in [-0.39, 0.29) is 18.2 Å². The number of benzene rings is 1. The molecule has 4 unspecified atom stereocenters. The molecule has 3 heteroatoms. The molecule has 1 heterocycles. The molecule has 0 bridgehead atoms. The van der Waals surface area contributed by atoms with Gasteiger partial charge in [0.25, 0.3) is 0 Å². The van der Waals surface area contributed by atoms with Crippen molar-refractivity contribution in [3.63, 3.8) is 0 Å². The highest BCUT2D eigenvalue weighted by atomic mass is 16.5. The molecule has 0 aromatic heterocycles. The molecule has 0 spiro atoms. The van der Waals surface area contributed by atoms with Gasteiger partial charge in [-0.2, -0.15) is 0 Å². The van der Waals surface area contributed by atoms with E-state index in [4.69, 9.17) is 4.74 Å². The number of rotatable bonds is 4. The van der Waals surface area contributed by atoms with Gasteiger partial charge in [0.1, 0.15) is 0 Å². The molecule has 20 heavy (non-hydrogen) atoms. The monoisotopic (exact) mass is 277 g/mol. The summed E-state index contributed by atoms with van der Waals surface area (Å²) in [5.41, 5.74) is 2.31. The first-order valence-corrected chi connectivity index (χ1v) is 7.67. The third kappa shape index (κ3) is 3.60. The molecule has 1 saturated heterocycles. The van der Waals surface area contributed by atoms with Crippen LogP contribution in [0, 0.1) is 0 Å². The summed E-state index contributed by atoms with van der Waals surface area (Å²) < 4.78 is 5.76. The van der Waals surface area contributed by atoms with Crippen molar-refractivity contribution in [3.05, 3.63) is 35.4 Å². The van der Waals surface area contributed by atoms with Crippen molar-refractivity contribution in [2.24, 2.45) is 0 Å². The summed E-state index contributed by atoms with van der Waals surface area (Å²) in [4.78, 5) is 2.33. The highest BCUT2D eigenvalue weighted by molar-refractivity contribution is 5.25. The van der Waals surface area contributed by atoms with Gasteiger partial charge in [-0.1, -0.05) is 31.2 Å². The van der Waals surface area contributed by atoms with Crippen molar-refractivity contribution in [2.45, 2.75) is 58.5 Å². The smallest absolute Gasteiger partial charge is 0.0942 e. The lowest BCUT2D eigenvalue weighted by atomic mass is 9.99. The highest BCUT2D eigenvalue weighted by Gasteiger charge is 2.29. The van der Waals surface area contributed by atoms with Gasteiger partial charge >= 0.3 is 0 Å². The van der Waals surface area contributed by atoms with Crippen LogP contribution < -0.4 is 0 Å². The molecule has 1 N–H and O–H groups in total. The Hall–Kier alpha value is -0.900. The number of nitrogens with zero attached hydrogens (tertiary/aromatic N) is 1. The SMILES string of the molecule is CCc1ccc(C(O)C(C)N2CC(C)OC(C)C2)cc1. The molecule has 1 fully saturated rings. The molecule has 0 radical (unpaired) electrons. The highest BCUT2D eigenvalue weighted by Crippen LogP contribution is 2.24. The van der Waals surface area contributed by atoms with Crippen molar-refractivity contribution in [1.82, 2.24) is 4.90 Å². The van der Waals surface area contributed by atoms with Gasteiger partial charge in [-0.25, -0.2) is 0 Å². The largest absolute Gasteiger partial charge is 0.387 e. The van der Waals surface area contributed by atoms with Crippen LogP contribution in [0.25, 0.3) is 0 Å². The summed E-state index contributed by atoms with van der Waals surface area (Å²) in [6.07, 6.45) is 1.05. The van der Waals surface area contributed by atoms with Crippen LogP contribution in [0.15, 0.2) is 24.3 Å². The zero-order valence-corrected chi connectivity index (χ0v) is 13.0. The summed E-state index contributed by atoms with van der Waals surface area (Å²) in [7, 11) is 0. The third-order valence-electron chi connectivity index (χ3n) is 4.21. The lowest BCUT2D eigenvalue weighted by molar-refractivity contribution is -0.0931. The second-order valence-electron chi connectivity index (χ2n) is 5.99. The number of aliphatic hydroxyl groups is 1. The van der Waals surface area contributed by atoms with Crippen molar-refractivity contribution < 1.29 is 9.84 Å². The molecule has 1 aliphatic heterocycles. The van der Waals surface area contributed by atoms with Crippen molar-refractivity contribution >= 4 is 0 Å². The fourth-order valence-electron chi connectivity index (χ4n) is 2.98. The lowest BCUT2D eigenvalue weighted by Crippen LogP contribution is -2.50. The first kappa shape index (κ1) is 15.5. The maximum atomic E-state index is 10.6. The van der Waals surface area contributed by atoms with E-state index >= 15 is 0 Å². The van der Waals surface area contributed by atoms with Gasteiger partial charge in [0.15, 0.2) is 0 Å². The quantitative estimate of drug-likeness (QED) is 0.918. The van der Waals surface area contributed by atoms with E-state index in [9.17, 15) is 5.11 Å². The van der Waals surface area contributed by atoms with E-state index in [1.165, 1.54) is 5.56 Å². The second kappa shape index (κ2) is 6.70. The number of hydrogen-bond donors (Lipinski definition) is 1. The average molecular weight is 277 g/mol. The summed E-state index contributed by atoms with van der Waals surface area (Å²) in [6, 6.07) is 8.42. The number of aliphatic hydroxyl groups excluding tert-OH is 1. The molecule has 1 aromatic rings. The van der Waals surface area contributed by atoms with Gasteiger partial charge in [0, 0.05) is 19.1 Å². The van der Waals surface area contributed by atoms with Gasteiger partial charge in [-0.05, 0) is 38.3 Å². The van der Waals surface area contributed by atoms with E-state index in [1.54, 1.807) is 0 Å². The number of aryl methyl sites for hydroxylation is 1. The maximum Gasteiger partial charge on any atom is 0.0942 e. The topological polar surface area (TPSA) is 32.7 Å². The molecule has 3 nitrogen and oxygen atoms in total. The summed E-state index contributed by atoms with van der Waals surface area (Å²) in [6.45, 7) is 10.2. The fourth-order valence-corrected chi connectivity index (χ4v) is 2.98. The van der Waals surface area contributed by atoms with Gasteiger partial charge in [0.05, 0.1) is 18.3 Å². The molecular weight excluding hydrogens is 250 g/mol. The van der Waals surface area contributed by atoms with E-state index < -0.39 is 6.10 Å². The van der Waals surface area contributed by atoms with Crippen molar-refractivity contribution in [1.29, 1.82) is 0 Å². The van der Waals surface area contributed by atoms with Gasteiger partial charge < -0.3 is 9.84 Å². The van der Waals surface area contributed by atoms with Gasteiger partial charge in [-0.3, -0.25) is 4.90 Å². The van der Waals surface area contributed by atoms with Gasteiger partial charge in [-0.15, -0.1) is 0 Å². The Labute approximate surface area is 122 Å². The van der Waals surface area contributed by atoms with Crippen LogP contribution in [0.5, 0.6) is 0 Å². The molecule has 2 rings (SSSR count). The predicted molar refractivity (Wildman–Crippen MR) is 81.8 cm³/mol. The van der Waals surface area contributed by atoms with Crippen LogP contribution in [-0.4, -0.2) is 41.3 Å². The Morgan fingerprint density at radius 2 is 1.75 bits per heavy atom. The summed E-state index contributed by atoms with van der Waals surface area (Å²) in [5.74, 6) is 0. The standard InChI is InChI=1S/C17H27NO2/c1-5-15-6-8-16(9-7-15)17(19)14(4)18-10-12(2)20-13(3)11-18/h6-9,12-14,17,19H,5,10-11H2,1-4H3. The lowest BCUT2D eigenvalue weighted by Gasteiger charge is -2.40. The Balaban J connectivity index is 2.04. The minimum absolute atomic E-state index is 0.108. The first-order chi connectivity index (χ1) is 9.51. The fraction of sp³-hybridized carbons (Fsp3) is 0.647. The molecule has 0 amide bonds. The van der Waals surface area contributed by atoms with E-state index in [1.807, 2.05) is 12.1 Å². The Kier molecular flexibility index (Phi) is 5.19. The first-order valence-electron chi connectivity index (χ1n) is 7.67. The summed E-state index contributed by atoms with van der Waals surface area (Å²) >= 11 is 0. The Bertz CT molecular complexity index is 408. The number of ether oxygens (including phenoxy) is 1. The summed E-state index contributed by atoms with van der Waals surface area (Å²) in [5, 5.41) is 10.6. The Morgan fingerprint density at radius 1 is 1.20 bits per heavy atom. The zero-order valence-electron chi connectivity index (χ0n) is 13.0. The number of hydrogen-bond acceptors (Lipinski definition) is 3. The minimum atomic E-state index is -0.446. The van der Waals surface area contributed by atoms with E-state index in [2.05, 4.69) is 44.7 Å². The normalized spacial score (nSPS) is 27.2. The van der Waals surface area contributed by atoms with Crippen LogP contribution in [-0.2, 0) is 11.2 Å². The van der Waals surface area contributed by atoms with E-state index in [0.29, 0.717) is 0 Å². The van der Waals surface area contributed by atoms with Crippen LogP contribution in [0.4, 0.5) is 0 Å².